The van der Waals surface area contributed by atoms with E-state index in [1.165, 1.54) is 17.2 Å². The number of aliphatic carboxylic acids is 1. The molecule has 1 N–H and O–H groups in total. The van der Waals surface area contributed by atoms with E-state index in [0.717, 1.165) is 0 Å². The highest BCUT2D eigenvalue weighted by Crippen LogP contribution is 2.25. The largest absolute Gasteiger partial charge is 0.480 e. The van der Waals surface area contributed by atoms with Crippen molar-refractivity contribution in [1.29, 1.82) is 0 Å². The SMILES string of the molecule is CC1CCN(C(=O)c2ccc(Cl)cn2)C1C(=O)O. The van der Waals surface area contributed by atoms with Crippen LogP contribution in [0.5, 0.6) is 0 Å². The summed E-state index contributed by atoms with van der Waals surface area (Å²) in [5.41, 5.74) is 0.222. The minimum atomic E-state index is -0.970. The van der Waals surface area contributed by atoms with Gasteiger partial charge >= 0.3 is 5.97 Å². The smallest absolute Gasteiger partial charge is 0.326 e. The van der Waals surface area contributed by atoms with Crippen molar-refractivity contribution in [2.45, 2.75) is 19.4 Å². The van der Waals surface area contributed by atoms with E-state index >= 15 is 0 Å². The van der Waals surface area contributed by atoms with E-state index in [-0.39, 0.29) is 17.5 Å². The summed E-state index contributed by atoms with van der Waals surface area (Å²) in [5.74, 6) is -1.37. The molecule has 2 unspecified atom stereocenters. The van der Waals surface area contributed by atoms with E-state index in [1.54, 1.807) is 6.07 Å². The Bertz CT molecular complexity index is 475. The molecule has 1 aliphatic rings. The average Bonchev–Trinajstić information content (AvgIpc) is 2.71. The van der Waals surface area contributed by atoms with Gasteiger partial charge in [-0.15, -0.1) is 0 Å². The van der Waals surface area contributed by atoms with Gasteiger partial charge in [-0.05, 0) is 24.5 Å². The summed E-state index contributed by atoms with van der Waals surface area (Å²) in [6, 6.07) is 2.30. The third kappa shape index (κ3) is 2.31. The van der Waals surface area contributed by atoms with Crippen LogP contribution in [0.4, 0.5) is 0 Å². The van der Waals surface area contributed by atoms with Crippen molar-refractivity contribution in [1.82, 2.24) is 9.88 Å². The van der Waals surface area contributed by atoms with Crippen molar-refractivity contribution in [3.05, 3.63) is 29.0 Å². The predicted molar refractivity (Wildman–Crippen MR) is 65.5 cm³/mol. The molecule has 2 heterocycles. The maximum atomic E-state index is 12.2. The van der Waals surface area contributed by atoms with Gasteiger partial charge in [0.05, 0.1) is 5.02 Å². The first kappa shape index (κ1) is 12.8. The van der Waals surface area contributed by atoms with Crippen molar-refractivity contribution in [3.8, 4) is 0 Å². The molecule has 18 heavy (non-hydrogen) atoms. The second-order valence-corrected chi connectivity index (χ2v) is 4.85. The van der Waals surface area contributed by atoms with Crippen LogP contribution in [-0.4, -0.2) is 39.5 Å². The van der Waals surface area contributed by atoms with Gasteiger partial charge in [0, 0.05) is 12.7 Å². The van der Waals surface area contributed by atoms with E-state index < -0.39 is 12.0 Å². The number of hydrogen-bond donors (Lipinski definition) is 1. The van der Waals surface area contributed by atoms with Crippen molar-refractivity contribution in [2.24, 2.45) is 5.92 Å². The lowest BCUT2D eigenvalue weighted by Gasteiger charge is -2.22. The zero-order valence-electron chi connectivity index (χ0n) is 9.84. The minimum Gasteiger partial charge on any atom is -0.480 e. The van der Waals surface area contributed by atoms with Crippen LogP contribution >= 0.6 is 11.6 Å². The standard InChI is InChI=1S/C12H13ClN2O3/c1-7-4-5-15(10(7)12(17)18)11(16)9-3-2-8(13)6-14-9/h2-3,6-7,10H,4-5H2,1H3,(H,17,18). The molecule has 1 fully saturated rings. The molecular weight excluding hydrogens is 256 g/mol. The lowest BCUT2D eigenvalue weighted by molar-refractivity contribution is -0.142. The number of carboxylic acids is 1. The Balaban J connectivity index is 2.23. The summed E-state index contributed by atoms with van der Waals surface area (Å²) < 4.78 is 0. The molecule has 1 aliphatic heterocycles. The molecule has 0 spiro atoms. The highest BCUT2D eigenvalue weighted by Gasteiger charge is 2.40. The molecule has 0 radical (unpaired) electrons. The van der Waals surface area contributed by atoms with Gasteiger partial charge in [-0.1, -0.05) is 18.5 Å². The van der Waals surface area contributed by atoms with Gasteiger partial charge < -0.3 is 10.0 Å². The fourth-order valence-electron chi connectivity index (χ4n) is 2.20. The summed E-state index contributed by atoms with van der Waals surface area (Å²) in [5, 5.41) is 9.60. The Morgan fingerprint density at radius 1 is 1.50 bits per heavy atom. The van der Waals surface area contributed by atoms with Crippen molar-refractivity contribution < 1.29 is 14.7 Å². The summed E-state index contributed by atoms with van der Waals surface area (Å²) in [6.45, 7) is 2.28. The van der Waals surface area contributed by atoms with Crippen LogP contribution in [0.2, 0.25) is 5.02 Å². The molecule has 5 nitrogen and oxygen atoms in total. The summed E-state index contributed by atoms with van der Waals surface area (Å²) in [7, 11) is 0. The molecule has 1 aromatic rings. The minimum absolute atomic E-state index is 0.0428. The Labute approximate surface area is 109 Å². The number of nitrogens with zero attached hydrogens (tertiary/aromatic N) is 2. The number of carbonyl (C=O) groups excluding carboxylic acids is 1. The van der Waals surface area contributed by atoms with Gasteiger partial charge in [-0.25, -0.2) is 9.78 Å². The highest BCUT2D eigenvalue weighted by atomic mass is 35.5. The van der Waals surface area contributed by atoms with Gasteiger partial charge in [0.2, 0.25) is 0 Å². The van der Waals surface area contributed by atoms with Crippen LogP contribution in [-0.2, 0) is 4.79 Å². The van der Waals surface area contributed by atoms with E-state index in [9.17, 15) is 9.59 Å². The van der Waals surface area contributed by atoms with E-state index in [0.29, 0.717) is 18.0 Å². The molecule has 0 saturated carbocycles. The van der Waals surface area contributed by atoms with Crippen LogP contribution in [0.1, 0.15) is 23.8 Å². The first-order valence-electron chi connectivity index (χ1n) is 5.66. The fraction of sp³-hybridized carbons (Fsp3) is 0.417. The number of rotatable bonds is 2. The number of halogens is 1. The number of pyridine rings is 1. The Kier molecular flexibility index (Phi) is 3.52. The van der Waals surface area contributed by atoms with Gasteiger partial charge in [-0.2, -0.15) is 0 Å². The maximum absolute atomic E-state index is 12.2. The lowest BCUT2D eigenvalue weighted by atomic mass is 10.0. The third-order valence-corrected chi connectivity index (χ3v) is 3.38. The third-order valence-electron chi connectivity index (χ3n) is 3.16. The first-order chi connectivity index (χ1) is 8.50. The molecular formula is C12H13ClN2O3. The second-order valence-electron chi connectivity index (χ2n) is 4.41. The molecule has 2 rings (SSSR count). The Hall–Kier alpha value is -1.62. The number of carboxylic acid groups (broad SMARTS) is 1. The van der Waals surface area contributed by atoms with Gasteiger partial charge in [-0.3, -0.25) is 4.79 Å². The van der Waals surface area contributed by atoms with Crippen LogP contribution in [0.15, 0.2) is 18.3 Å². The number of carbonyl (C=O) groups is 2. The molecule has 6 heteroatoms. The number of aromatic nitrogens is 1. The van der Waals surface area contributed by atoms with Crippen molar-refractivity contribution in [3.63, 3.8) is 0 Å². The quantitative estimate of drug-likeness (QED) is 0.886. The second kappa shape index (κ2) is 4.94. The van der Waals surface area contributed by atoms with Gasteiger partial charge in [0.1, 0.15) is 11.7 Å². The molecule has 0 bridgehead atoms. The van der Waals surface area contributed by atoms with Crippen LogP contribution in [0, 0.1) is 5.92 Å². The molecule has 96 valence electrons. The summed E-state index contributed by atoms with van der Waals surface area (Å²) in [6.07, 6.45) is 2.07. The molecule has 0 aliphatic carbocycles. The van der Waals surface area contributed by atoms with E-state index in [1.807, 2.05) is 6.92 Å². The lowest BCUT2D eigenvalue weighted by Crippen LogP contribution is -2.43. The fourth-order valence-corrected chi connectivity index (χ4v) is 2.31. The summed E-state index contributed by atoms with van der Waals surface area (Å²) >= 11 is 5.70. The first-order valence-corrected chi connectivity index (χ1v) is 6.04. The molecule has 2 atom stereocenters. The average molecular weight is 269 g/mol. The number of likely N-dealkylation sites (tertiary alicyclic amines) is 1. The van der Waals surface area contributed by atoms with Crippen molar-refractivity contribution >= 4 is 23.5 Å². The molecule has 0 aromatic carbocycles. The zero-order valence-corrected chi connectivity index (χ0v) is 10.6. The van der Waals surface area contributed by atoms with Crippen LogP contribution in [0.25, 0.3) is 0 Å². The number of amides is 1. The van der Waals surface area contributed by atoms with Crippen molar-refractivity contribution in [2.75, 3.05) is 6.54 Å². The predicted octanol–water partition coefficient (Wildman–Crippen LogP) is 1.67. The topological polar surface area (TPSA) is 70.5 Å². The highest BCUT2D eigenvalue weighted by molar-refractivity contribution is 6.30. The zero-order chi connectivity index (χ0) is 13.3. The molecule has 1 saturated heterocycles. The maximum Gasteiger partial charge on any atom is 0.326 e. The number of hydrogen-bond acceptors (Lipinski definition) is 3. The van der Waals surface area contributed by atoms with Gasteiger partial charge in [0.15, 0.2) is 0 Å². The van der Waals surface area contributed by atoms with Gasteiger partial charge in [0.25, 0.3) is 5.91 Å². The Morgan fingerprint density at radius 2 is 2.22 bits per heavy atom. The summed E-state index contributed by atoms with van der Waals surface area (Å²) in [4.78, 5) is 28.6. The van der Waals surface area contributed by atoms with E-state index in [4.69, 9.17) is 16.7 Å². The van der Waals surface area contributed by atoms with E-state index in [2.05, 4.69) is 4.98 Å². The monoisotopic (exact) mass is 268 g/mol. The van der Waals surface area contributed by atoms with Crippen LogP contribution in [0.3, 0.4) is 0 Å². The Morgan fingerprint density at radius 3 is 2.78 bits per heavy atom. The van der Waals surface area contributed by atoms with Crippen LogP contribution < -0.4 is 0 Å². The normalized spacial score (nSPS) is 23.1. The molecule has 1 aromatic heterocycles. The molecule has 1 amide bonds.